The first-order chi connectivity index (χ1) is 10.7. The first kappa shape index (κ1) is 14.2. The van der Waals surface area contributed by atoms with Gasteiger partial charge in [-0.25, -0.2) is 9.59 Å². The van der Waals surface area contributed by atoms with Crippen LogP contribution in [0.3, 0.4) is 0 Å². The molecular formula is C16H16N2O4. The maximum absolute atomic E-state index is 12.3. The molecule has 0 saturated carbocycles. The molecule has 0 radical (unpaired) electrons. The van der Waals surface area contributed by atoms with E-state index in [1.54, 1.807) is 24.4 Å². The Balaban J connectivity index is 2.31. The van der Waals surface area contributed by atoms with Crippen molar-refractivity contribution in [3.05, 3.63) is 41.7 Å². The van der Waals surface area contributed by atoms with Gasteiger partial charge < -0.3 is 14.5 Å². The highest BCUT2D eigenvalue weighted by Gasteiger charge is 2.24. The van der Waals surface area contributed by atoms with E-state index in [1.165, 1.54) is 0 Å². The van der Waals surface area contributed by atoms with Crippen molar-refractivity contribution in [2.45, 2.75) is 13.8 Å². The number of H-pyrrole nitrogens is 1. The van der Waals surface area contributed by atoms with Crippen molar-refractivity contribution in [2.24, 2.45) is 0 Å². The molecule has 0 atom stereocenters. The Labute approximate surface area is 126 Å². The molecule has 0 spiro atoms. The average Bonchev–Trinajstić information content (AvgIpc) is 3.05. The molecule has 0 amide bonds. The third-order valence-electron chi connectivity index (χ3n) is 3.43. The lowest BCUT2D eigenvalue weighted by atomic mass is 10.2. The molecule has 0 aliphatic carbocycles. The number of aromatic amines is 1. The van der Waals surface area contributed by atoms with Gasteiger partial charge in [0.15, 0.2) is 0 Å². The summed E-state index contributed by atoms with van der Waals surface area (Å²) < 4.78 is 11.9. The molecule has 1 aromatic carbocycles. The van der Waals surface area contributed by atoms with Crippen molar-refractivity contribution >= 4 is 28.5 Å². The molecular weight excluding hydrogens is 284 g/mol. The highest BCUT2D eigenvalue weighted by atomic mass is 16.5. The standard InChI is InChI=1S/C16H16N2O4/c1-3-21-15(19)12-9-17-14-13(16(20)22-4-2)10-7-5-6-8-11(10)18(12)14/h5-9,17H,3-4H2,1-2H3. The summed E-state index contributed by atoms with van der Waals surface area (Å²) in [5.74, 6) is -0.858. The number of fused-ring (bicyclic) bond motifs is 3. The summed E-state index contributed by atoms with van der Waals surface area (Å²) in [5.41, 5.74) is 2.06. The Morgan fingerprint density at radius 1 is 1.09 bits per heavy atom. The minimum Gasteiger partial charge on any atom is -0.462 e. The minimum atomic E-state index is -0.440. The fourth-order valence-corrected chi connectivity index (χ4v) is 2.59. The Kier molecular flexibility index (Phi) is 3.58. The van der Waals surface area contributed by atoms with Crippen LogP contribution in [0.5, 0.6) is 0 Å². The lowest BCUT2D eigenvalue weighted by Crippen LogP contribution is -2.07. The van der Waals surface area contributed by atoms with Gasteiger partial charge in [-0.2, -0.15) is 0 Å². The first-order valence-electron chi connectivity index (χ1n) is 7.13. The van der Waals surface area contributed by atoms with Crippen LogP contribution in [0.25, 0.3) is 16.6 Å². The molecule has 6 nitrogen and oxygen atoms in total. The monoisotopic (exact) mass is 300 g/mol. The summed E-state index contributed by atoms with van der Waals surface area (Å²) in [7, 11) is 0. The lowest BCUT2D eigenvalue weighted by molar-refractivity contribution is 0.0511. The molecule has 3 aromatic rings. The summed E-state index contributed by atoms with van der Waals surface area (Å²) in [6, 6.07) is 7.37. The number of rotatable bonds is 4. The Morgan fingerprint density at radius 3 is 2.50 bits per heavy atom. The third-order valence-corrected chi connectivity index (χ3v) is 3.43. The second kappa shape index (κ2) is 5.55. The van der Waals surface area contributed by atoms with Crippen LogP contribution < -0.4 is 0 Å². The summed E-state index contributed by atoms with van der Waals surface area (Å²) in [6.45, 7) is 4.08. The molecule has 1 N–H and O–H groups in total. The van der Waals surface area contributed by atoms with Gasteiger partial charge >= 0.3 is 11.9 Å². The number of para-hydroxylation sites is 1. The van der Waals surface area contributed by atoms with E-state index in [9.17, 15) is 9.59 Å². The van der Waals surface area contributed by atoms with E-state index in [2.05, 4.69) is 4.98 Å². The molecule has 0 fully saturated rings. The molecule has 2 aromatic heterocycles. The van der Waals surface area contributed by atoms with E-state index in [0.717, 1.165) is 10.9 Å². The van der Waals surface area contributed by atoms with Crippen LogP contribution in [0.4, 0.5) is 0 Å². The molecule has 0 aliphatic heterocycles. The molecule has 3 rings (SSSR count). The molecule has 22 heavy (non-hydrogen) atoms. The van der Waals surface area contributed by atoms with Crippen molar-refractivity contribution in [2.75, 3.05) is 13.2 Å². The quantitative estimate of drug-likeness (QED) is 0.752. The minimum absolute atomic E-state index is 0.287. The van der Waals surface area contributed by atoms with Crippen molar-refractivity contribution in [3.8, 4) is 0 Å². The topological polar surface area (TPSA) is 72.8 Å². The average molecular weight is 300 g/mol. The number of benzene rings is 1. The highest BCUT2D eigenvalue weighted by molar-refractivity contribution is 6.12. The van der Waals surface area contributed by atoms with Gasteiger partial charge in [-0.3, -0.25) is 4.40 Å². The highest BCUT2D eigenvalue weighted by Crippen LogP contribution is 2.28. The van der Waals surface area contributed by atoms with Crippen molar-refractivity contribution in [1.82, 2.24) is 9.38 Å². The molecule has 0 saturated heterocycles. The van der Waals surface area contributed by atoms with Crippen LogP contribution in [0, 0.1) is 0 Å². The second-order valence-electron chi connectivity index (χ2n) is 4.69. The van der Waals surface area contributed by atoms with Gasteiger partial charge in [0, 0.05) is 11.6 Å². The van der Waals surface area contributed by atoms with Crippen LogP contribution in [0.15, 0.2) is 30.5 Å². The van der Waals surface area contributed by atoms with Gasteiger partial charge in [-0.1, -0.05) is 18.2 Å². The molecule has 6 heteroatoms. The van der Waals surface area contributed by atoms with Crippen LogP contribution in [0.2, 0.25) is 0 Å². The molecule has 0 aliphatic rings. The van der Waals surface area contributed by atoms with E-state index in [0.29, 0.717) is 16.9 Å². The van der Waals surface area contributed by atoms with Gasteiger partial charge in [0.05, 0.1) is 18.7 Å². The molecule has 114 valence electrons. The van der Waals surface area contributed by atoms with E-state index in [1.807, 2.05) is 24.3 Å². The maximum atomic E-state index is 12.3. The lowest BCUT2D eigenvalue weighted by Gasteiger charge is -2.00. The van der Waals surface area contributed by atoms with Crippen molar-refractivity contribution in [3.63, 3.8) is 0 Å². The number of aromatic nitrogens is 2. The number of imidazole rings is 1. The largest absolute Gasteiger partial charge is 0.462 e. The Morgan fingerprint density at radius 2 is 1.77 bits per heavy atom. The van der Waals surface area contributed by atoms with E-state index in [-0.39, 0.29) is 13.2 Å². The van der Waals surface area contributed by atoms with Crippen LogP contribution in [-0.4, -0.2) is 34.5 Å². The molecule has 0 bridgehead atoms. The van der Waals surface area contributed by atoms with Crippen LogP contribution >= 0.6 is 0 Å². The fraction of sp³-hybridized carbons (Fsp3) is 0.250. The van der Waals surface area contributed by atoms with Crippen molar-refractivity contribution < 1.29 is 19.1 Å². The molecule has 0 unspecified atom stereocenters. The zero-order valence-electron chi connectivity index (χ0n) is 12.4. The number of carbonyl (C=O) groups is 2. The van der Waals surface area contributed by atoms with Gasteiger partial charge in [0.2, 0.25) is 0 Å². The fourth-order valence-electron chi connectivity index (χ4n) is 2.59. The number of nitrogens with zero attached hydrogens (tertiary/aromatic N) is 1. The number of hydrogen-bond donors (Lipinski definition) is 1. The maximum Gasteiger partial charge on any atom is 0.356 e. The van der Waals surface area contributed by atoms with Crippen LogP contribution in [0.1, 0.15) is 34.7 Å². The number of nitrogens with one attached hydrogen (secondary N) is 1. The van der Waals surface area contributed by atoms with Gasteiger partial charge in [0.25, 0.3) is 0 Å². The zero-order valence-corrected chi connectivity index (χ0v) is 12.4. The van der Waals surface area contributed by atoms with Gasteiger partial charge in [-0.05, 0) is 19.9 Å². The van der Waals surface area contributed by atoms with Gasteiger partial charge in [0.1, 0.15) is 16.9 Å². The normalized spacial score (nSPS) is 11.0. The number of carbonyl (C=O) groups excluding carboxylic acids is 2. The summed E-state index contributed by atoms with van der Waals surface area (Å²) >= 11 is 0. The van der Waals surface area contributed by atoms with E-state index >= 15 is 0 Å². The van der Waals surface area contributed by atoms with Gasteiger partial charge in [-0.15, -0.1) is 0 Å². The summed E-state index contributed by atoms with van der Waals surface area (Å²) in [6.07, 6.45) is 1.54. The second-order valence-corrected chi connectivity index (χ2v) is 4.69. The van der Waals surface area contributed by atoms with Crippen LogP contribution in [-0.2, 0) is 9.47 Å². The van der Waals surface area contributed by atoms with E-state index in [4.69, 9.17) is 9.47 Å². The van der Waals surface area contributed by atoms with E-state index < -0.39 is 11.9 Å². The predicted molar refractivity (Wildman–Crippen MR) is 81.2 cm³/mol. The zero-order chi connectivity index (χ0) is 15.7. The third kappa shape index (κ3) is 2.04. The Hall–Kier alpha value is -2.76. The smallest absolute Gasteiger partial charge is 0.356 e. The summed E-state index contributed by atoms with van der Waals surface area (Å²) in [5, 5.41) is 0.735. The number of hydrogen-bond acceptors (Lipinski definition) is 4. The predicted octanol–water partition coefficient (Wildman–Crippen LogP) is 2.77. The summed E-state index contributed by atoms with van der Waals surface area (Å²) in [4.78, 5) is 27.3. The Bertz CT molecular complexity index is 860. The number of esters is 2. The van der Waals surface area contributed by atoms with Crippen molar-refractivity contribution in [1.29, 1.82) is 0 Å². The first-order valence-corrected chi connectivity index (χ1v) is 7.13. The SMILES string of the molecule is CCOC(=O)c1c2ccccc2n2c(C(=O)OCC)c[nH]c12. The molecule has 2 heterocycles. The number of ether oxygens (including phenoxy) is 2.